The number of carbonyl (C=O) groups excluding carboxylic acids is 3. The quantitative estimate of drug-likeness (QED) is 0.448. The summed E-state index contributed by atoms with van der Waals surface area (Å²) in [5, 5.41) is 0. The molecule has 3 rings (SSSR count). The lowest BCUT2D eigenvalue weighted by Gasteiger charge is -2.52. The fraction of sp³-hybridized carbons (Fsp3) is 0.562. The third-order valence-corrected chi connectivity index (χ3v) is 5.74. The number of hydrogen-bond donors (Lipinski definition) is 0. The summed E-state index contributed by atoms with van der Waals surface area (Å²) >= 11 is 0. The van der Waals surface area contributed by atoms with Gasteiger partial charge in [0, 0.05) is 16.9 Å². The summed E-state index contributed by atoms with van der Waals surface area (Å²) in [6, 6.07) is 0. The Morgan fingerprint density at radius 3 is 2.90 bits per heavy atom. The SMILES string of the molecule is C=C1C(=O)O[C@@H]2[C@H]1CC[C@@]1(C(C)OC=O)C=CC(=O)[C@@]21C. The Hall–Kier alpha value is -1.91. The molecular formula is C16H18O5. The topological polar surface area (TPSA) is 69.7 Å². The van der Waals surface area contributed by atoms with Gasteiger partial charge >= 0.3 is 5.97 Å². The van der Waals surface area contributed by atoms with Crippen molar-refractivity contribution in [1.29, 1.82) is 0 Å². The van der Waals surface area contributed by atoms with Gasteiger partial charge in [-0.15, -0.1) is 0 Å². The van der Waals surface area contributed by atoms with Crippen LogP contribution in [0, 0.1) is 16.7 Å². The zero-order valence-electron chi connectivity index (χ0n) is 12.1. The van der Waals surface area contributed by atoms with Gasteiger partial charge in [-0.25, -0.2) is 4.79 Å². The van der Waals surface area contributed by atoms with Crippen LogP contribution in [0.15, 0.2) is 24.3 Å². The molecule has 1 unspecified atom stereocenters. The van der Waals surface area contributed by atoms with Crippen LogP contribution in [0.1, 0.15) is 26.7 Å². The molecule has 21 heavy (non-hydrogen) atoms. The number of ketones is 1. The molecule has 5 heteroatoms. The molecule has 5 nitrogen and oxygen atoms in total. The zero-order chi connectivity index (χ0) is 15.4. The Morgan fingerprint density at radius 1 is 1.52 bits per heavy atom. The first-order valence-corrected chi connectivity index (χ1v) is 7.11. The van der Waals surface area contributed by atoms with Gasteiger partial charge < -0.3 is 9.47 Å². The summed E-state index contributed by atoms with van der Waals surface area (Å²) < 4.78 is 10.6. The third kappa shape index (κ3) is 1.49. The molecule has 1 saturated heterocycles. The minimum absolute atomic E-state index is 0.0824. The Bertz CT molecular complexity index is 577. The van der Waals surface area contributed by atoms with Crippen molar-refractivity contribution in [3.8, 4) is 0 Å². The second kappa shape index (κ2) is 4.29. The number of carbonyl (C=O) groups is 3. The number of fused-ring (bicyclic) bond motifs is 3. The lowest BCUT2D eigenvalue weighted by molar-refractivity contribution is -0.175. The lowest BCUT2D eigenvalue weighted by Crippen LogP contribution is -2.58. The Kier molecular flexibility index (Phi) is 2.87. The van der Waals surface area contributed by atoms with Gasteiger partial charge in [-0.05, 0) is 32.8 Å². The Balaban J connectivity index is 2.09. The van der Waals surface area contributed by atoms with E-state index in [-0.39, 0.29) is 11.7 Å². The maximum Gasteiger partial charge on any atom is 0.334 e. The summed E-state index contributed by atoms with van der Waals surface area (Å²) in [5.41, 5.74) is -1.09. The van der Waals surface area contributed by atoms with E-state index in [1.165, 1.54) is 6.08 Å². The molecule has 0 bridgehead atoms. The summed E-state index contributed by atoms with van der Waals surface area (Å²) in [6.07, 6.45) is 3.70. The van der Waals surface area contributed by atoms with Gasteiger partial charge in [0.05, 0.1) is 5.41 Å². The first-order chi connectivity index (χ1) is 9.88. The molecule has 112 valence electrons. The van der Waals surface area contributed by atoms with E-state index in [0.717, 1.165) is 0 Å². The molecule has 1 saturated carbocycles. The average molecular weight is 290 g/mol. The van der Waals surface area contributed by atoms with E-state index >= 15 is 0 Å². The normalized spacial score (nSPS) is 42.3. The van der Waals surface area contributed by atoms with Crippen LogP contribution >= 0.6 is 0 Å². The van der Waals surface area contributed by atoms with Crippen molar-refractivity contribution >= 4 is 18.2 Å². The number of esters is 1. The van der Waals surface area contributed by atoms with Crippen molar-refractivity contribution in [3.63, 3.8) is 0 Å². The van der Waals surface area contributed by atoms with E-state index < -0.39 is 29.0 Å². The van der Waals surface area contributed by atoms with Gasteiger partial charge in [0.15, 0.2) is 5.78 Å². The number of hydrogen-bond acceptors (Lipinski definition) is 5. The highest BCUT2D eigenvalue weighted by Gasteiger charge is 2.68. The van der Waals surface area contributed by atoms with Crippen LogP contribution in [0.25, 0.3) is 0 Å². The highest BCUT2D eigenvalue weighted by Crippen LogP contribution is 2.62. The molecule has 0 aromatic carbocycles. The van der Waals surface area contributed by atoms with E-state index in [9.17, 15) is 14.4 Å². The van der Waals surface area contributed by atoms with Crippen LogP contribution in [0.5, 0.6) is 0 Å². The number of allylic oxidation sites excluding steroid dienone is 1. The zero-order valence-corrected chi connectivity index (χ0v) is 12.1. The molecule has 5 atom stereocenters. The molecule has 0 radical (unpaired) electrons. The second-order valence-electron chi connectivity index (χ2n) is 6.31. The van der Waals surface area contributed by atoms with E-state index in [1.807, 2.05) is 13.0 Å². The van der Waals surface area contributed by atoms with Crippen molar-refractivity contribution in [3.05, 3.63) is 24.3 Å². The lowest BCUT2D eigenvalue weighted by atomic mass is 9.52. The molecule has 1 heterocycles. The number of ether oxygens (including phenoxy) is 2. The van der Waals surface area contributed by atoms with Gasteiger partial charge in [-0.2, -0.15) is 0 Å². The minimum atomic E-state index is -0.909. The van der Waals surface area contributed by atoms with Crippen LogP contribution < -0.4 is 0 Å². The monoisotopic (exact) mass is 290 g/mol. The Morgan fingerprint density at radius 2 is 2.24 bits per heavy atom. The summed E-state index contributed by atoms with van der Waals surface area (Å²) in [7, 11) is 0. The Labute approximate surface area is 123 Å². The predicted octanol–water partition coefficient (Wildman–Crippen LogP) is 1.57. The van der Waals surface area contributed by atoms with Crippen LogP contribution in [0.4, 0.5) is 0 Å². The van der Waals surface area contributed by atoms with Gasteiger partial charge in [0.2, 0.25) is 0 Å². The highest BCUT2D eigenvalue weighted by atomic mass is 16.6. The van der Waals surface area contributed by atoms with Crippen molar-refractivity contribution in [1.82, 2.24) is 0 Å². The molecule has 0 aromatic rings. The van der Waals surface area contributed by atoms with Crippen molar-refractivity contribution in [2.45, 2.75) is 38.9 Å². The van der Waals surface area contributed by atoms with Gasteiger partial charge in [-0.3, -0.25) is 9.59 Å². The van der Waals surface area contributed by atoms with Crippen LogP contribution in [0.3, 0.4) is 0 Å². The van der Waals surface area contributed by atoms with E-state index in [0.29, 0.717) is 24.9 Å². The predicted molar refractivity (Wildman–Crippen MR) is 73.0 cm³/mol. The molecular weight excluding hydrogens is 272 g/mol. The molecule has 0 amide bonds. The van der Waals surface area contributed by atoms with Crippen molar-refractivity contribution in [2.75, 3.05) is 0 Å². The van der Waals surface area contributed by atoms with Crippen LogP contribution in [-0.4, -0.2) is 30.4 Å². The average Bonchev–Trinajstić information content (AvgIpc) is 2.89. The summed E-state index contributed by atoms with van der Waals surface area (Å²) in [4.78, 5) is 35.1. The second-order valence-corrected chi connectivity index (χ2v) is 6.31. The standard InChI is InChI=1S/C16H18O5/c1-9-11-4-6-16(10(2)20-8-17)7-5-12(18)15(16,3)13(11)21-14(9)19/h5,7-8,10-11,13H,1,4,6H2,2-3H3/t10?,11-,13+,15-,16-/m0/s1. The maximum absolute atomic E-state index is 12.5. The van der Waals surface area contributed by atoms with Crippen LogP contribution in [0.2, 0.25) is 0 Å². The maximum atomic E-state index is 12.5. The van der Waals surface area contributed by atoms with Gasteiger partial charge in [0.25, 0.3) is 6.47 Å². The molecule has 0 spiro atoms. The highest BCUT2D eigenvalue weighted by molar-refractivity contribution is 6.01. The molecule has 3 aliphatic rings. The van der Waals surface area contributed by atoms with Gasteiger partial charge in [-0.1, -0.05) is 12.7 Å². The minimum Gasteiger partial charge on any atom is -0.464 e. The fourth-order valence-corrected chi connectivity index (χ4v) is 4.36. The molecule has 2 aliphatic carbocycles. The third-order valence-electron chi connectivity index (χ3n) is 5.74. The number of rotatable bonds is 3. The molecule has 0 aromatic heterocycles. The van der Waals surface area contributed by atoms with E-state index in [1.54, 1.807) is 6.92 Å². The van der Waals surface area contributed by atoms with E-state index in [4.69, 9.17) is 9.47 Å². The summed E-state index contributed by atoms with van der Waals surface area (Å²) in [5.74, 6) is -0.644. The van der Waals surface area contributed by atoms with Crippen molar-refractivity contribution < 1.29 is 23.9 Å². The van der Waals surface area contributed by atoms with Gasteiger partial charge in [0.1, 0.15) is 12.2 Å². The summed E-state index contributed by atoms with van der Waals surface area (Å²) in [6.45, 7) is 7.79. The first-order valence-electron chi connectivity index (χ1n) is 7.11. The largest absolute Gasteiger partial charge is 0.464 e. The van der Waals surface area contributed by atoms with Crippen LogP contribution in [-0.2, 0) is 23.9 Å². The fourth-order valence-electron chi connectivity index (χ4n) is 4.36. The molecule has 1 aliphatic heterocycles. The first kappa shape index (κ1) is 14.0. The molecule has 0 N–H and O–H groups in total. The molecule has 2 fully saturated rings. The van der Waals surface area contributed by atoms with Crippen molar-refractivity contribution in [2.24, 2.45) is 16.7 Å². The van der Waals surface area contributed by atoms with E-state index in [2.05, 4.69) is 6.58 Å². The smallest absolute Gasteiger partial charge is 0.334 e.